The van der Waals surface area contributed by atoms with Gasteiger partial charge >= 0.3 is 0 Å². The highest BCUT2D eigenvalue weighted by Crippen LogP contribution is 2.38. The topological polar surface area (TPSA) is 57.6 Å². The molecule has 178 valence electrons. The van der Waals surface area contributed by atoms with E-state index in [2.05, 4.69) is 17.1 Å². The molecule has 2 heterocycles. The van der Waals surface area contributed by atoms with Crippen LogP contribution in [0.1, 0.15) is 41.7 Å². The summed E-state index contributed by atoms with van der Waals surface area (Å²) in [6.45, 7) is 8.01. The lowest BCUT2D eigenvalue weighted by molar-refractivity contribution is 0.102. The van der Waals surface area contributed by atoms with E-state index in [1.807, 2.05) is 9.47 Å². The zero-order valence-electron chi connectivity index (χ0n) is 19.4. The van der Waals surface area contributed by atoms with E-state index in [-0.39, 0.29) is 22.7 Å². The molecule has 2 aromatic carbocycles. The molecule has 2 fully saturated rings. The van der Waals surface area contributed by atoms with E-state index in [1.54, 1.807) is 25.3 Å². The van der Waals surface area contributed by atoms with Gasteiger partial charge in [-0.2, -0.15) is 0 Å². The largest absolute Gasteiger partial charge is 0.367 e. The summed E-state index contributed by atoms with van der Waals surface area (Å²) < 4.78 is 31.3. The van der Waals surface area contributed by atoms with Gasteiger partial charge in [0.2, 0.25) is 5.43 Å². The maximum atomic E-state index is 15.2. The summed E-state index contributed by atoms with van der Waals surface area (Å²) in [5.41, 5.74) is 1.22. The van der Waals surface area contributed by atoms with Crippen molar-refractivity contribution >= 4 is 28.2 Å². The molecule has 2 aliphatic rings. The van der Waals surface area contributed by atoms with Crippen LogP contribution in [-0.4, -0.2) is 48.1 Å². The number of nitrogens with zero attached hydrogens (tertiary/aromatic N) is 3. The zero-order chi connectivity index (χ0) is 24.0. The average molecular weight is 467 g/mol. The monoisotopic (exact) mass is 466 g/mol. The molecule has 3 aromatic rings. The number of carbonyl (C=O) groups excluding carboxylic acids is 1. The highest BCUT2D eigenvalue weighted by atomic mass is 19.1. The van der Waals surface area contributed by atoms with Crippen LogP contribution in [0, 0.1) is 18.6 Å². The van der Waals surface area contributed by atoms with Crippen molar-refractivity contribution in [3.8, 4) is 0 Å². The van der Waals surface area contributed by atoms with Crippen LogP contribution >= 0.6 is 0 Å². The molecule has 6 nitrogen and oxygen atoms in total. The molecule has 0 atom stereocenters. The number of piperazine rings is 1. The van der Waals surface area contributed by atoms with Gasteiger partial charge in [-0.25, -0.2) is 8.78 Å². The Morgan fingerprint density at radius 1 is 1.06 bits per heavy atom. The Kier molecular flexibility index (Phi) is 5.85. The fourth-order valence-corrected chi connectivity index (χ4v) is 4.65. The molecular formula is C26H28F2N4O2. The summed E-state index contributed by atoms with van der Waals surface area (Å²) in [5.74, 6) is -1.76. The second-order valence-corrected chi connectivity index (χ2v) is 9.19. The number of anilines is 2. The van der Waals surface area contributed by atoms with Crippen LogP contribution < -0.4 is 15.6 Å². The first-order chi connectivity index (χ1) is 16.4. The van der Waals surface area contributed by atoms with Crippen molar-refractivity contribution < 1.29 is 13.6 Å². The average Bonchev–Trinajstić information content (AvgIpc) is 3.67. The van der Waals surface area contributed by atoms with E-state index in [9.17, 15) is 14.0 Å². The van der Waals surface area contributed by atoms with Crippen molar-refractivity contribution in [3.05, 3.63) is 69.5 Å². The number of pyridine rings is 1. The highest BCUT2D eigenvalue weighted by molar-refractivity contribution is 6.06. The molecule has 1 saturated carbocycles. The standard InChI is InChI=1S/C26H28F2N4O2/c1-3-30-8-10-31(11-9-30)24-14-23-18(13-21(24)28)25(33)19(15-32(23)17-5-6-17)26(34)29-22-12-16(2)4-7-20(22)27/h4,7,12-15,17H,3,5-6,8-11H2,1-2H3,(H,29,34). The van der Waals surface area contributed by atoms with Gasteiger partial charge in [-0.3, -0.25) is 9.59 Å². The lowest BCUT2D eigenvalue weighted by atomic mass is 10.1. The molecule has 1 aliphatic carbocycles. The van der Waals surface area contributed by atoms with Crippen LogP contribution in [0.4, 0.5) is 20.2 Å². The van der Waals surface area contributed by atoms with Gasteiger partial charge in [-0.05, 0) is 56.1 Å². The number of likely N-dealkylation sites (N-methyl/N-ethyl adjacent to an activating group) is 1. The second kappa shape index (κ2) is 8.83. The molecule has 1 N–H and O–H groups in total. The molecule has 0 radical (unpaired) electrons. The fraction of sp³-hybridized carbons (Fsp3) is 0.385. The number of rotatable bonds is 5. The number of benzene rings is 2. The molecule has 0 bridgehead atoms. The van der Waals surface area contributed by atoms with Gasteiger partial charge in [-0.15, -0.1) is 0 Å². The van der Waals surface area contributed by atoms with E-state index in [0.717, 1.165) is 38.0 Å². The van der Waals surface area contributed by atoms with Crippen LogP contribution in [0.5, 0.6) is 0 Å². The van der Waals surface area contributed by atoms with Crippen LogP contribution in [-0.2, 0) is 0 Å². The summed E-state index contributed by atoms with van der Waals surface area (Å²) in [4.78, 5) is 30.6. The Morgan fingerprint density at radius 3 is 2.47 bits per heavy atom. The van der Waals surface area contributed by atoms with Crippen molar-refractivity contribution in [3.63, 3.8) is 0 Å². The smallest absolute Gasteiger partial charge is 0.261 e. The van der Waals surface area contributed by atoms with Crippen LogP contribution in [0.25, 0.3) is 10.9 Å². The van der Waals surface area contributed by atoms with Gasteiger partial charge in [0.1, 0.15) is 17.2 Å². The van der Waals surface area contributed by atoms with Crippen molar-refractivity contribution in [1.82, 2.24) is 9.47 Å². The van der Waals surface area contributed by atoms with Crippen molar-refractivity contribution in [1.29, 1.82) is 0 Å². The third-order valence-electron chi connectivity index (χ3n) is 6.82. The summed E-state index contributed by atoms with van der Waals surface area (Å²) in [6, 6.07) is 7.53. The zero-order valence-corrected chi connectivity index (χ0v) is 19.4. The first kappa shape index (κ1) is 22.5. The first-order valence-corrected chi connectivity index (χ1v) is 11.8. The number of carbonyl (C=O) groups is 1. The fourth-order valence-electron chi connectivity index (χ4n) is 4.65. The maximum Gasteiger partial charge on any atom is 0.261 e. The number of aromatic nitrogens is 1. The SMILES string of the molecule is CCN1CCN(c2cc3c(cc2F)c(=O)c(C(=O)Nc2cc(C)ccc2F)cn3C2CC2)CC1. The predicted molar refractivity (Wildman–Crippen MR) is 130 cm³/mol. The Labute approximate surface area is 196 Å². The van der Waals surface area contributed by atoms with E-state index >= 15 is 4.39 Å². The predicted octanol–water partition coefficient (Wildman–Crippen LogP) is 4.32. The number of hydrogen-bond acceptors (Lipinski definition) is 4. The molecule has 5 rings (SSSR count). The first-order valence-electron chi connectivity index (χ1n) is 11.8. The van der Waals surface area contributed by atoms with E-state index in [4.69, 9.17) is 0 Å². The molecular weight excluding hydrogens is 438 g/mol. The lowest BCUT2D eigenvalue weighted by Crippen LogP contribution is -2.46. The van der Waals surface area contributed by atoms with Gasteiger partial charge in [0.15, 0.2) is 0 Å². The summed E-state index contributed by atoms with van der Waals surface area (Å²) in [7, 11) is 0. The lowest BCUT2D eigenvalue weighted by Gasteiger charge is -2.35. The molecule has 1 aromatic heterocycles. The van der Waals surface area contributed by atoms with Gasteiger partial charge in [0, 0.05) is 43.8 Å². The number of hydrogen-bond donors (Lipinski definition) is 1. The molecule has 8 heteroatoms. The minimum Gasteiger partial charge on any atom is -0.367 e. The normalized spacial score (nSPS) is 16.8. The summed E-state index contributed by atoms with van der Waals surface area (Å²) >= 11 is 0. The number of halogens is 2. The summed E-state index contributed by atoms with van der Waals surface area (Å²) in [6.07, 6.45) is 3.39. The van der Waals surface area contributed by atoms with Crippen LogP contribution in [0.3, 0.4) is 0 Å². The number of fused-ring (bicyclic) bond motifs is 1. The van der Waals surface area contributed by atoms with Gasteiger partial charge in [0.05, 0.1) is 16.9 Å². The molecule has 1 aliphatic heterocycles. The van der Waals surface area contributed by atoms with E-state index in [0.29, 0.717) is 24.3 Å². The van der Waals surface area contributed by atoms with Crippen LogP contribution in [0.15, 0.2) is 41.3 Å². The molecule has 34 heavy (non-hydrogen) atoms. The van der Waals surface area contributed by atoms with Gasteiger partial charge in [-0.1, -0.05) is 13.0 Å². The Morgan fingerprint density at radius 2 is 1.79 bits per heavy atom. The summed E-state index contributed by atoms with van der Waals surface area (Å²) in [5, 5.41) is 2.68. The number of nitrogens with one attached hydrogen (secondary N) is 1. The van der Waals surface area contributed by atoms with Crippen molar-refractivity contribution in [2.75, 3.05) is 42.9 Å². The quantitative estimate of drug-likeness (QED) is 0.609. The highest BCUT2D eigenvalue weighted by Gasteiger charge is 2.28. The van der Waals surface area contributed by atoms with Gasteiger partial charge < -0.3 is 19.7 Å². The maximum absolute atomic E-state index is 15.2. The van der Waals surface area contributed by atoms with Crippen molar-refractivity contribution in [2.45, 2.75) is 32.7 Å². The molecule has 1 amide bonds. The molecule has 0 unspecified atom stereocenters. The van der Waals surface area contributed by atoms with Gasteiger partial charge in [0.25, 0.3) is 5.91 Å². The molecule has 1 saturated heterocycles. The Balaban J connectivity index is 1.55. The Hall–Kier alpha value is -3.26. The Bertz CT molecular complexity index is 1320. The minimum atomic E-state index is -0.703. The third-order valence-corrected chi connectivity index (χ3v) is 6.82. The van der Waals surface area contributed by atoms with Crippen molar-refractivity contribution in [2.24, 2.45) is 0 Å². The van der Waals surface area contributed by atoms with Crippen LogP contribution in [0.2, 0.25) is 0 Å². The minimum absolute atomic E-state index is 0.00946. The number of amides is 1. The third kappa shape index (κ3) is 4.18. The van der Waals surface area contributed by atoms with E-state index < -0.39 is 23.0 Å². The second-order valence-electron chi connectivity index (χ2n) is 9.19. The number of aryl methyl sites for hydroxylation is 1. The molecule has 0 spiro atoms. The van der Waals surface area contributed by atoms with E-state index in [1.165, 1.54) is 18.2 Å².